The Labute approximate surface area is 221 Å². The van der Waals surface area contributed by atoms with E-state index in [1.54, 1.807) is 0 Å². The van der Waals surface area contributed by atoms with Crippen molar-refractivity contribution in [2.45, 2.75) is 0 Å². The number of benzene rings is 4. The highest BCUT2D eigenvalue weighted by Gasteiger charge is 2.00. The van der Waals surface area contributed by atoms with Gasteiger partial charge in [0.25, 0.3) is 0 Å². The summed E-state index contributed by atoms with van der Waals surface area (Å²) in [7, 11) is 0. The minimum Gasteiger partial charge on any atom is -0.0616 e. The van der Waals surface area contributed by atoms with Crippen molar-refractivity contribution in [2.75, 3.05) is 0 Å². The number of halogens is 4. The highest BCUT2D eigenvalue weighted by atomic mass is 127. The zero-order valence-corrected chi connectivity index (χ0v) is 23.4. The molecule has 0 nitrogen and oxygen atoms in total. The van der Waals surface area contributed by atoms with Crippen LogP contribution >= 0.6 is 90.4 Å². The van der Waals surface area contributed by atoms with Crippen molar-refractivity contribution in [2.24, 2.45) is 0 Å². The third-order valence-corrected chi connectivity index (χ3v) is 7.15. The SMILES string of the molecule is Ic1ccc(-c2ccc(I)cc2)cc1.Ic1ccc(-c2ccccc2I)cc1. The summed E-state index contributed by atoms with van der Waals surface area (Å²) >= 11 is 9.33. The summed E-state index contributed by atoms with van der Waals surface area (Å²) in [5.74, 6) is 0. The fourth-order valence-electron chi connectivity index (χ4n) is 2.61. The van der Waals surface area contributed by atoms with Gasteiger partial charge in [-0.1, -0.05) is 54.6 Å². The van der Waals surface area contributed by atoms with Gasteiger partial charge in [0.05, 0.1) is 0 Å². The minimum absolute atomic E-state index is 1.27. The van der Waals surface area contributed by atoms with Gasteiger partial charge >= 0.3 is 0 Å². The Morgan fingerprint density at radius 2 is 0.714 bits per heavy atom. The zero-order chi connectivity index (χ0) is 19.9. The number of rotatable bonds is 2. The quantitative estimate of drug-likeness (QED) is 0.177. The van der Waals surface area contributed by atoms with Gasteiger partial charge in [-0.3, -0.25) is 0 Å². The van der Waals surface area contributed by atoms with E-state index in [0.717, 1.165) is 0 Å². The van der Waals surface area contributed by atoms with E-state index in [2.05, 4.69) is 187 Å². The number of hydrogen-bond donors (Lipinski definition) is 0. The molecule has 28 heavy (non-hydrogen) atoms. The van der Waals surface area contributed by atoms with Gasteiger partial charge in [0, 0.05) is 14.3 Å². The summed E-state index contributed by atoms with van der Waals surface area (Å²) in [4.78, 5) is 0. The molecule has 0 amide bonds. The van der Waals surface area contributed by atoms with Gasteiger partial charge in [0.15, 0.2) is 0 Å². The van der Waals surface area contributed by atoms with Crippen molar-refractivity contribution in [3.63, 3.8) is 0 Å². The van der Waals surface area contributed by atoms with Gasteiger partial charge < -0.3 is 0 Å². The van der Waals surface area contributed by atoms with E-state index >= 15 is 0 Å². The van der Waals surface area contributed by atoms with Crippen LogP contribution < -0.4 is 0 Å². The molecule has 4 rings (SSSR count). The molecule has 0 aliphatic rings. The molecule has 0 saturated carbocycles. The van der Waals surface area contributed by atoms with Gasteiger partial charge in [0.2, 0.25) is 0 Å². The Kier molecular flexibility index (Phi) is 9.04. The van der Waals surface area contributed by atoms with E-state index in [0.29, 0.717) is 0 Å². The lowest BCUT2D eigenvalue weighted by Crippen LogP contribution is -1.81. The molecule has 4 heteroatoms. The molecular formula is C24H16I4. The van der Waals surface area contributed by atoms with E-state index in [9.17, 15) is 0 Å². The van der Waals surface area contributed by atoms with Crippen LogP contribution in [0.15, 0.2) is 97.1 Å². The first-order valence-corrected chi connectivity index (χ1v) is 12.9. The van der Waals surface area contributed by atoms with E-state index in [1.807, 2.05) is 0 Å². The molecule has 0 fully saturated rings. The molecule has 4 aromatic rings. The molecule has 0 bridgehead atoms. The van der Waals surface area contributed by atoms with Crippen molar-refractivity contribution in [3.05, 3.63) is 111 Å². The summed E-state index contributed by atoms with van der Waals surface area (Å²) in [5, 5.41) is 0. The molecule has 0 N–H and O–H groups in total. The van der Waals surface area contributed by atoms with Crippen molar-refractivity contribution in [1.29, 1.82) is 0 Å². The highest BCUT2D eigenvalue weighted by Crippen LogP contribution is 2.25. The summed E-state index contributed by atoms with van der Waals surface area (Å²) in [6.45, 7) is 0. The lowest BCUT2D eigenvalue weighted by molar-refractivity contribution is 1.56. The molecule has 0 saturated heterocycles. The fourth-order valence-corrected chi connectivity index (χ4v) is 4.39. The maximum Gasteiger partial charge on any atom is 0.0208 e. The second-order valence-corrected chi connectivity index (χ2v) is 10.9. The van der Waals surface area contributed by atoms with Crippen LogP contribution in [0.5, 0.6) is 0 Å². The van der Waals surface area contributed by atoms with Crippen LogP contribution in [0, 0.1) is 14.3 Å². The Hall–Kier alpha value is -0.200. The van der Waals surface area contributed by atoms with Crippen molar-refractivity contribution < 1.29 is 0 Å². The zero-order valence-electron chi connectivity index (χ0n) is 14.7. The molecular weight excluding hydrogens is 796 g/mol. The first kappa shape index (κ1) is 22.5. The maximum atomic E-state index is 2.37. The molecule has 0 unspecified atom stereocenters. The van der Waals surface area contributed by atoms with Gasteiger partial charge in [-0.25, -0.2) is 0 Å². The van der Waals surface area contributed by atoms with Crippen LogP contribution in [0.25, 0.3) is 22.3 Å². The average molecular weight is 812 g/mol. The van der Waals surface area contributed by atoms with Crippen LogP contribution in [0.4, 0.5) is 0 Å². The van der Waals surface area contributed by atoms with Crippen molar-refractivity contribution in [1.82, 2.24) is 0 Å². The molecule has 0 heterocycles. The Balaban J connectivity index is 0.000000161. The van der Waals surface area contributed by atoms with Crippen molar-refractivity contribution in [3.8, 4) is 22.3 Å². The number of hydrogen-bond acceptors (Lipinski definition) is 0. The second-order valence-electron chi connectivity index (χ2n) is 6.00. The molecule has 0 spiro atoms. The van der Waals surface area contributed by atoms with Crippen LogP contribution in [-0.2, 0) is 0 Å². The maximum absolute atomic E-state index is 2.37. The smallest absolute Gasteiger partial charge is 0.0208 e. The van der Waals surface area contributed by atoms with Crippen LogP contribution in [0.3, 0.4) is 0 Å². The highest BCUT2D eigenvalue weighted by molar-refractivity contribution is 14.1. The molecule has 0 aromatic heterocycles. The Morgan fingerprint density at radius 3 is 1.11 bits per heavy atom. The predicted octanol–water partition coefficient (Wildman–Crippen LogP) is 9.13. The third kappa shape index (κ3) is 6.66. The lowest BCUT2D eigenvalue weighted by atomic mass is 10.1. The normalized spacial score (nSPS) is 10.1. The van der Waals surface area contributed by atoms with E-state index < -0.39 is 0 Å². The Morgan fingerprint density at radius 1 is 0.357 bits per heavy atom. The largest absolute Gasteiger partial charge is 0.0616 e. The Bertz CT molecular complexity index is 978. The monoisotopic (exact) mass is 812 g/mol. The summed E-state index contributed by atoms with van der Waals surface area (Å²) < 4.78 is 5.12. The first-order valence-electron chi connectivity index (χ1n) is 8.55. The third-order valence-electron chi connectivity index (χ3n) is 4.05. The average Bonchev–Trinajstić information content (AvgIpc) is 2.71. The summed E-state index contributed by atoms with van der Waals surface area (Å²) in [6, 6.07) is 34.2. The van der Waals surface area contributed by atoms with Crippen molar-refractivity contribution >= 4 is 90.4 Å². The van der Waals surface area contributed by atoms with E-state index in [1.165, 1.54) is 36.5 Å². The summed E-state index contributed by atoms with van der Waals surface area (Å²) in [6.07, 6.45) is 0. The molecule has 0 atom stereocenters. The molecule has 0 aliphatic heterocycles. The standard InChI is InChI=1S/2C12H8I2/c13-11-5-1-9(2-6-11)10-3-7-12(14)8-4-10;13-10-7-5-9(6-8-10)11-3-1-2-4-12(11)14/h2*1-8H. The van der Waals surface area contributed by atoms with Crippen LogP contribution in [-0.4, -0.2) is 0 Å². The lowest BCUT2D eigenvalue weighted by Gasteiger charge is -2.03. The van der Waals surface area contributed by atoms with Crippen LogP contribution in [0.1, 0.15) is 0 Å². The van der Waals surface area contributed by atoms with Gasteiger partial charge in [-0.2, -0.15) is 0 Å². The van der Waals surface area contributed by atoms with Gasteiger partial charge in [0.1, 0.15) is 0 Å². The molecule has 0 radical (unpaired) electrons. The van der Waals surface area contributed by atoms with Crippen LogP contribution in [0.2, 0.25) is 0 Å². The second kappa shape index (κ2) is 11.3. The fraction of sp³-hybridized carbons (Fsp3) is 0. The predicted molar refractivity (Wildman–Crippen MR) is 155 cm³/mol. The molecule has 0 aliphatic carbocycles. The van der Waals surface area contributed by atoms with E-state index in [-0.39, 0.29) is 0 Å². The minimum atomic E-state index is 1.27. The van der Waals surface area contributed by atoms with Gasteiger partial charge in [-0.05, 0) is 155 Å². The van der Waals surface area contributed by atoms with Gasteiger partial charge in [-0.15, -0.1) is 0 Å². The molecule has 4 aromatic carbocycles. The summed E-state index contributed by atoms with van der Waals surface area (Å²) in [5.41, 5.74) is 5.16. The first-order chi connectivity index (χ1) is 13.5. The van der Waals surface area contributed by atoms with E-state index in [4.69, 9.17) is 0 Å². The topological polar surface area (TPSA) is 0 Å². The molecule has 140 valence electrons.